The molecule has 0 saturated carbocycles. The van der Waals surface area contributed by atoms with E-state index in [0.717, 1.165) is 24.9 Å². The van der Waals surface area contributed by atoms with Crippen LogP contribution in [-0.4, -0.2) is 32.3 Å². The number of sulfone groups is 1. The summed E-state index contributed by atoms with van der Waals surface area (Å²) in [6.45, 7) is 0. The van der Waals surface area contributed by atoms with Gasteiger partial charge in [0.2, 0.25) is 0 Å². The van der Waals surface area contributed by atoms with Gasteiger partial charge in [-0.05, 0) is 54.1 Å². The highest BCUT2D eigenvalue weighted by Crippen LogP contribution is 2.41. The molecule has 0 aliphatic carbocycles. The molecule has 0 unspecified atom stereocenters. The normalized spacial score (nSPS) is 14.1. The number of hydrogen-bond donors (Lipinski definition) is 1. The maximum Gasteiger partial charge on any atom is 0.338 e. The molecule has 1 aliphatic heterocycles. The van der Waals surface area contributed by atoms with E-state index in [0.29, 0.717) is 25.1 Å². The average molecular weight is 668 g/mol. The monoisotopic (exact) mass is 666 g/mol. The maximum atomic E-state index is 13.2. The van der Waals surface area contributed by atoms with Crippen LogP contribution in [0.3, 0.4) is 0 Å². The van der Waals surface area contributed by atoms with Crippen molar-refractivity contribution in [2.75, 3.05) is 12.4 Å². The number of thioether (sulfide) groups is 1. The number of rotatable bonds is 6. The molecule has 0 bridgehead atoms. The van der Waals surface area contributed by atoms with Crippen molar-refractivity contribution in [3.8, 4) is 0 Å². The Kier molecular flexibility index (Phi) is 7.88. The second-order valence-electron chi connectivity index (χ2n) is 7.70. The van der Waals surface area contributed by atoms with Crippen LogP contribution in [0.5, 0.6) is 0 Å². The van der Waals surface area contributed by atoms with Gasteiger partial charge in [-0.15, -0.1) is 0 Å². The molecule has 9 nitrogen and oxygen atoms in total. The standard InChI is InChI=1S/C24H16Br2N2O7S2/c1-35-24(30)14-6-5-13(20(9-14)28(31)32)10-22-23(29)27-19-8-7-15(11-21(19)36-22)37(33,34)12-16-17(25)3-2-4-18(16)26/h2-11H,12H2,1H3,(H,27,29). The highest BCUT2D eigenvalue weighted by Gasteiger charge is 2.26. The van der Waals surface area contributed by atoms with Crippen LogP contribution in [0.2, 0.25) is 0 Å². The molecule has 1 aliphatic rings. The van der Waals surface area contributed by atoms with E-state index in [2.05, 4.69) is 41.9 Å². The zero-order valence-corrected chi connectivity index (χ0v) is 23.7. The lowest BCUT2D eigenvalue weighted by atomic mass is 10.1. The van der Waals surface area contributed by atoms with E-state index in [4.69, 9.17) is 0 Å². The molecule has 1 amide bonds. The molecule has 13 heteroatoms. The van der Waals surface area contributed by atoms with Gasteiger partial charge in [-0.1, -0.05) is 49.7 Å². The van der Waals surface area contributed by atoms with Crippen molar-refractivity contribution < 1.29 is 27.7 Å². The Labute approximate surface area is 232 Å². The lowest BCUT2D eigenvalue weighted by Crippen LogP contribution is -2.18. The summed E-state index contributed by atoms with van der Waals surface area (Å²) in [6.07, 6.45) is 1.32. The Morgan fingerprint density at radius 1 is 1.14 bits per heavy atom. The number of ether oxygens (including phenoxy) is 1. The number of hydrogen-bond acceptors (Lipinski definition) is 8. The van der Waals surface area contributed by atoms with Crippen molar-refractivity contribution in [1.82, 2.24) is 0 Å². The molecule has 1 N–H and O–H groups in total. The van der Waals surface area contributed by atoms with E-state index in [9.17, 15) is 28.1 Å². The van der Waals surface area contributed by atoms with Crippen molar-refractivity contribution >= 4 is 82.8 Å². The van der Waals surface area contributed by atoms with Gasteiger partial charge in [-0.2, -0.15) is 0 Å². The molecule has 0 saturated heterocycles. The van der Waals surface area contributed by atoms with Gasteiger partial charge >= 0.3 is 5.97 Å². The first-order chi connectivity index (χ1) is 17.5. The smallest absolute Gasteiger partial charge is 0.338 e. The minimum absolute atomic E-state index is 0.00557. The van der Waals surface area contributed by atoms with Crippen molar-refractivity contribution in [3.63, 3.8) is 0 Å². The molecule has 4 rings (SSSR count). The first kappa shape index (κ1) is 27.0. The number of nitrogens with zero attached hydrogens (tertiary/aromatic N) is 1. The number of amides is 1. The maximum absolute atomic E-state index is 13.2. The number of nitrogens with one attached hydrogen (secondary N) is 1. The number of benzene rings is 3. The van der Waals surface area contributed by atoms with E-state index >= 15 is 0 Å². The average Bonchev–Trinajstić information content (AvgIpc) is 2.86. The molecule has 1 heterocycles. The highest BCUT2D eigenvalue weighted by atomic mass is 79.9. The fourth-order valence-corrected chi connectivity index (χ4v) is 7.62. The van der Waals surface area contributed by atoms with Crippen LogP contribution in [0.4, 0.5) is 11.4 Å². The largest absolute Gasteiger partial charge is 0.465 e. The van der Waals surface area contributed by atoms with Gasteiger partial charge in [0.1, 0.15) is 0 Å². The molecule has 0 spiro atoms. The van der Waals surface area contributed by atoms with Crippen molar-refractivity contribution in [3.05, 3.63) is 95.3 Å². The molecule has 0 fully saturated rings. The Balaban J connectivity index is 1.69. The van der Waals surface area contributed by atoms with Gasteiger partial charge in [0.25, 0.3) is 11.6 Å². The quantitative estimate of drug-likeness (QED) is 0.147. The predicted molar refractivity (Wildman–Crippen MR) is 146 cm³/mol. The van der Waals surface area contributed by atoms with Gasteiger partial charge in [-0.3, -0.25) is 14.9 Å². The van der Waals surface area contributed by atoms with Gasteiger partial charge in [-0.25, -0.2) is 13.2 Å². The SMILES string of the molecule is COC(=O)c1ccc(C=C2Sc3cc(S(=O)(=O)Cc4c(Br)cccc4Br)ccc3NC2=O)c([N+](=O)[O-])c1. The molecule has 0 radical (unpaired) electrons. The first-order valence-electron chi connectivity index (χ1n) is 10.4. The van der Waals surface area contributed by atoms with Crippen LogP contribution in [0.1, 0.15) is 21.5 Å². The first-order valence-corrected chi connectivity index (χ1v) is 14.4. The lowest BCUT2D eigenvalue weighted by Gasteiger charge is -2.19. The third-order valence-corrected chi connectivity index (χ3v) is 9.54. The van der Waals surface area contributed by atoms with Gasteiger partial charge in [0.15, 0.2) is 9.84 Å². The number of methoxy groups -OCH3 is 1. The minimum Gasteiger partial charge on any atom is -0.465 e. The molecular weight excluding hydrogens is 652 g/mol. The van der Waals surface area contributed by atoms with Crippen molar-refractivity contribution in [2.24, 2.45) is 0 Å². The zero-order valence-electron chi connectivity index (χ0n) is 18.9. The summed E-state index contributed by atoms with van der Waals surface area (Å²) in [7, 11) is -2.59. The molecule has 3 aromatic rings. The van der Waals surface area contributed by atoms with Gasteiger partial charge < -0.3 is 10.1 Å². The fraction of sp³-hybridized carbons (Fsp3) is 0.0833. The number of fused-ring (bicyclic) bond motifs is 1. The molecule has 0 atom stereocenters. The molecule has 190 valence electrons. The van der Waals surface area contributed by atoms with Crippen LogP contribution in [0.15, 0.2) is 78.2 Å². The summed E-state index contributed by atoms with van der Waals surface area (Å²) < 4.78 is 32.3. The highest BCUT2D eigenvalue weighted by molar-refractivity contribution is 9.11. The Bertz CT molecular complexity index is 1580. The summed E-state index contributed by atoms with van der Waals surface area (Å²) in [5.74, 6) is -1.49. The van der Waals surface area contributed by atoms with Crippen LogP contribution in [-0.2, 0) is 25.1 Å². The van der Waals surface area contributed by atoms with E-state index in [1.165, 1.54) is 36.4 Å². The number of nitro benzene ring substituents is 1. The number of carbonyl (C=O) groups is 2. The van der Waals surface area contributed by atoms with Gasteiger partial charge in [0, 0.05) is 19.9 Å². The lowest BCUT2D eigenvalue weighted by molar-refractivity contribution is -0.385. The second kappa shape index (κ2) is 10.8. The topological polar surface area (TPSA) is 133 Å². The Hall–Kier alpha value is -3.00. The molecule has 0 aromatic heterocycles. The second-order valence-corrected chi connectivity index (χ2v) is 12.5. The number of anilines is 1. The van der Waals surface area contributed by atoms with Crippen molar-refractivity contribution in [1.29, 1.82) is 0 Å². The number of halogens is 2. The fourth-order valence-electron chi connectivity index (χ4n) is 3.48. The number of nitro groups is 1. The van der Waals surface area contributed by atoms with Crippen LogP contribution in [0, 0.1) is 10.1 Å². The Morgan fingerprint density at radius 3 is 2.49 bits per heavy atom. The van der Waals surface area contributed by atoms with Crippen LogP contribution < -0.4 is 5.32 Å². The van der Waals surface area contributed by atoms with Crippen molar-refractivity contribution in [2.45, 2.75) is 15.5 Å². The zero-order chi connectivity index (χ0) is 26.9. The van der Waals surface area contributed by atoms with E-state index in [-0.39, 0.29) is 32.4 Å². The van der Waals surface area contributed by atoms with E-state index in [1.54, 1.807) is 18.2 Å². The van der Waals surface area contributed by atoms with Crippen LogP contribution >= 0.6 is 43.6 Å². The predicted octanol–water partition coefficient (Wildman–Crippen LogP) is 5.97. The van der Waals surface area contributed by atoms with Crippen LogP contribution in [0.25, 0.3) is 6.08 Å². The third-order valence-electron chi connectivity index (χ3n) is 5.33. The number of carbonyl (C=O) groups excluding carboxylic acids is 2. The van der Waals surface area contributed by atoms with E-state index in [1.807, 2.05) is 0 Å². The summed E-state index contributed by atoms with van der Waals surface area (Å²) in [4.78, 5) is 36.0. The minimum atomic E-state index is -3.75. The summed E-state index contributed by atoms with van der Waals surface area (Å²) in [5, 5.41) is 14.3. The molecule has 37 heavy (non-hydrogen) atoms. The number of esters is 1. The van der Waals surface area contributed by atoms with Gasteiger partial charge in [0.05, 0.1) is 44.4 Å². The summed E-state index contributed by atoms with van der Waals surface area (Å²) >= 11 is 7.76. The Morgan fingerprint density at radius 2 is 1.84 bits per heavy atom. The molecular formula is C24H16Br2N2O7S2. The summed E-state index contributed by atoms with van der Waals surface area (Å²) in [6, 6.07) is 13.4. The van der Waals surface area contributed by atoms with E-state index < -0.39 is 26.6 Å². The molecule has 3 aromatic carbocycles. The third kappa shape index (κ3) is 5.79. The summed E-state index contributed by atoms with van der Waals surface area (Å²) in [5.41, 5.74) is 0.702.